The van der Waals surface area contributed by atoms with Gasteiger partial charge in [0.15, 0.2) is 0 Å². The molecule has 0 aromatic carbocycles. The standard InChI is InChI=1S/C16H30N2O3/c1-7-21-15(20)13(16(4,5)6)14(19)18-10-8-17(9-11-18)12(2)3/h12-13H,7-11H2,1-6H3. The number of carbonyl (C=O) groups excluding carboxylic acids is 2. The van der Waals surface area contributed by atoms with Crippen molar-refractivity contribution < 1.29 is 14.3 Å². The Kier molecular flexibility index (Phi) is 6.20. The van der Waals surface area contributed by atoms with Gasteiger partial charge in [-0.15, -0.1) is 0 Å². The lowest BCUT2D eigenvalue weighted by Gasteiger charge is -2.39. The van der Waals surface area contributed by atoms with E-state index in [1.165, 1.54) is 0 Å². The van der Waals surface area contributed by atoms with E-state index in [2.05, 4.69) is 18.7 Å². The number of rotatable bonds is 4. The number of carbonyl (C=O) groups is 2. The minimum Gasteiger partial charge on any atom is -0.465 e. The summed E-state index contributed by atoms with van der Waals surface area (Å²) < 4.78 is 5.10. The van der Waals surface area contributed by atoms with Gasteiger partial charge in [-0.3, -0.25) is 14.5 Å². The van der Waals surface area contributed by atoms with Crippen LogP contribution < -0.4 is 0 Å². The molecule has 1 fully saturated rings. The number of nitrogens with zero attached hydrogens (tertiary/aromatic N) is 2. The van der Waals surface area contributed by atoms with Crippen LogP contribution in [0.15, 0.2) is 0 Å². The maximum Gasteiger partial charge on any atom is 0.319 e. The van der Waals surface area contributed by atoms with Crippen molar-refractivity contribution >= 4 is 11.9 Å². The molecule has 0 aromatic rings. The number of hydrogen-bond donors (Lipinski definition) is 0. The van der Waals surface area contributed by atoms with Crippen LogP contribution in [0, 0.1) is 11.3 Å². The van der Waals surface area contributed by atoms with Crippen LogP contribution in [-0.2, 0) is 14.3 Å². The van der Waals surface area contributed by atoms with Gasteiger partial charge < -0.3 is 9.64 Å². The van der Waals surface area contributed by atoms with E-state index in [0.29, 0.717) is 25.7 Å². The van der Waals surface area contributed by atoms with Gasteiger partial charge in [0, 0.05) is 32.2 Å². The normalized spacial score (nSPS) is 18.7. The third-order valence-electron chi connectivity index (χ3n) is 3.99. The Morgan fingerprint density at radius 3 is 2.00 bits per heavy atom. The second kappa shape index (κ2) is 7.25. The lowest BCUT2D eigenvalue weighted by atomic mass is 9.79. The van der Waals surface area contributed by atoms with E-state index >= 15 is 0 Å². The van der Waals surface area contributed by atoms with Crippen LogP contribution in [0.3, 0.4) is 0 Å². The van der Waals surface area contributed by atoms with Crippen molar-refractivity contribution in [3.8, 4) is 0 Å². The molecule has 0 N–H and O–H groups in total. The van der Waals surface area contributed by atoms with Crippen LogP contribution >= 0.6 is 0 Å². The minimum atomic E-state index is -0.719. The fourth-order valence-electron chi connectivity index (χ4n) is 2.69. The lowest BCUT2D eigenvalue weighted by Crippen LogP contribution is -2.54. The van der Waals surface area contributed by atoms with Crippen LogP contribution in [0.2, 0.25) is 0 Å². The highest BCUT2D eigenvalue weighted by atomic mass is 16.5. The van der Waals surface area contributed by atoms with Gasteiger partial charge in [-0.05, 0) is 26.2 Å². The number of ether oxygens (including phenoxy) is 1. The number of piperazine rings is 1. The van der Waals surface area contributed by atoms with E-state index in [4.69, 9.17) is 4.74 Å². The lowest BCUT2D eigenvalue weighted by molar-refractivity contribution is -0.161. The Morgan fingerprint density at radius 1 is 1.10 bits per heavy atom. The molecule has 1 aliphatic rings. The van der Waals surface area contributed by atoms with E-state index in [9.17, 15) is 9.59 Å². The summed E-state index contributed by atoms with van der Waals surface area (Å²) in [6, 6.07) is 0.491. The molecule has 0 bridgehead atoms. The van der Waals surface area contributed by atoms with E-state index in [0.717, 1.165) is 13.1 Å². The summed E-state index contributed by atoms with van der Waals surface area (Å²) in [7, 11) is 0. The quantitative estimate of drug-likeness (QED) is 0.586. The van der Waals surface area contributed by atoms with Crippen molar-refractivity contribution in [2.75, 3.05) is 32.8 Å². The summed E-state index contributed by atoms with van der Waals surface area (Å²) in [5.41, 5.74) is -0.432. The molecule has 1 heterocycles. The van der Waals surface area contributed by atoms with E-state index < -0.39 is 17.3 Å². The second-order valence-electron chi connectivity index (χ2n) is 7.01. The third kappa shape index (κ3) is 4.70. The Bertz CT molecular complexity index is 366. The minimum absolute atomic E-state index is 0.0932. The zero-order valence-electron chi connectivity index (χ0n) is 14.3. The predicted molar refractivity (Wildman–Crippen MR) is 82.9 cm³/mol. The van der Waals surface area contributed by atoms with Crippen LogP contribution in [0.1, 0.15) is 41.5 Å². The van der Waals surface area contributed by atoms with E-state index in [1.54, 1.807) is 6.92 Å². The zero-order chi connectivity index (χ0) is 16.2. The smallest absolute Gasteiger partial charge is 0.319 e. The average molecular weight is 298 g/mol. The maximum atomic E-state index is 12.7. The molecule has 1 saturated heterocycles. The van der Waals surface area contributed by atoms with Gasteiger partial charge in [0.05, 0.1) is 6.61 Å². The van der Waals surface area contributed by atoms with Crippen molar-refractivity contribution in [2.45, 2.75) is 47.6 Å². The molecule has 122 valence electrons. The first-order valence-electron chi connectivity index (χ1n) is 7.88. The summed E-state index contributed by atoms with van der Waals surface area (Å²) in [5.74, 6) is -1.21. The van der Waals surface area contributed by atoms with E-state index in [1.807, 2.05) is 25.7 Å². The summed E-state index contributed by atoms with van der Waals surface area (Å²) in [6.07, 6.45) is 0. The molecule has 5 heteroatoms. The highest BCUT2D eigenvalue weighted by molar-refractivity contribution is 5.98. The molecule has 5 nitrogen and oxygen atoms in total. The molecule has 0 aliphatic carbocycles. The Hall–Kier alpha value is -1.10. The van der Waals surface area contributed by atoms with Crippen LogP contribution in [0.4, 0.5) is 0 Å². The Morgan fingerprint density at radius 2 is 1.62 bits per heavy atom. The van der Waals surface area contributed by atoms with Gasteiger partial charge >= 0.3 is 5.97 Å². The molecule has 1 amide bonds. The molecule has 1 rings (SSSR count). The molecule has 0 spiro atoms. The van der Waals surface area contributed by atoms with Gasteiger partial charge in [-0.2, -0.15) is 0 Å². The van der Waals surface area contributed by atoms with Crippen LogP contribution in [-0.4, -0.2) is 60.5 Å². The molecule has 0 saturated carbocycles. The second-order valence-corrected chi connectivity index (χ2v) is 7.01. The molecule has 1 atom stereocenters. The first kappa shape index (κ1) is 18.0. The summed E-state index contributed by atoms with van der Waals surface area (Å²) in [4.78, 5) is 29.1. The van der Waals surface area contributed by atoms with Gasteiger partial charge in [0.25, 0.3) is 0 Å². The summed E-state index contributed by atoms with van der Waals surface area (Å²) >= 11 is 0. The topological polar surface area (TPSA) is 49.9 Å². The highest BCUT2D eigenvalue weighted by Gasteiger charge is 2.41. The largest absolute Gasteiger partial charge is 0.465 e. The Balaban J connectivity index is 2.76. The van der Waals surface area contributed by atoms with Crippen molar-refractivity contribution in [3.05, 3.63) is 0 Å². The van der Waals surface area contributed by atoms with Crippen LogP contribution in [0.25, 0.3) is 0 Å². The monoisotopic (exact) mass is 298 g/mol. The zero-order valence-corrected chi connectivity index (χ0v) is 14.3. The van der Waals surface area contributed by atoms with Gasteiger partial charge in [-0.25, -0.2) is 0 Å². The molecule has 21 heavy (non-hydrogen) atoms. The average Bonchev–Trinajstić information content (AvgIpc) is 2.37. The first-order valence-corrected chi connectivity index (χ1v) is 7.88. The molecule has 0 aromatic heterocycles. The molecule has 1 unspecified atom stereocenters. The fraction of sp³-hybridized carbons (Fsp3) is 0.875. The molecule has 1 aliphatic heterocycles. The van der Waals surface area contributed by atoms with Gasteiger partial charge in [0.1, 0.15) is 5.92 Å². The number of amides is 1. The fourth-order valence-corrected chi connectivity index (χ4v) is 2.69. The summed E-state index contributed by atoms with van der Waals surface area (Å²) in [5, 5.41) is 0. The van der Waals surface area contributed by atoms with E-state index in [-0.39, 0.29) is 5.91 Å². The van der Waals surface area contributed by atoms with Crippen LogP contribution in [0.5, 0.6) is 0 Å². The van der Waals surface area contributed by atoms with Gasteiger partial charge in [0.2, 0.25) is 5.91 Å². The highest BCUT2D eigenvalue weighted by Crippen LogP contribution is 2.29. The maximum absolute atomic E-state index is 12.7. The number of hydrogen-bond acceptors (Lipinski definition) is 4. The SMILES string of the molecule is CCOC(=O)C(C(=O)N1CCN(C(C)C)CC1)C(C)(C)C. The van der Waals surface area contributed by atoms with Crippen molar-refractivity contribution in [2.24, 2.45) is 11.3 Å². The summed E-state index contributed by atoms with van der Waals surface area (Å²) in [6.45, 7) is 15.2. The number of esters is 1. The Labute approximate surface area is 128 Å². The van der Waals surface area contributed by atoms with Crippen molar-refractivity contribution in [1.29, 1.82) is 0 Å². The molecular formula is C16H30N2O3. The van der Waals surface area contributed by atoms with Crippen molar-refractivity contribution in [1.82, 2.24) is 9.80 Å². The predicted octanol–water partition coefficient (Wildman–Crippen LogP) is 1.76. The van der Waals surface area contributed by atoms with Gasteiger partial charge in [-0.1, -0.05) is 20.8 Å². The van der Waals surface area contributed by atoms with Crippen molar-refractivity contribution in [3.63, 3.8) is 0 Å². The molecular weight excluding hydrogens is 268 g/mol. The molecule has 0 radical (unpaired) electrons. The first-order chi connectivity index (χ1) is 9.68. The third-order valence-corrected chi connectivity index (χ3v) is 3.99.